The Kier molecular flexibility index (Phi) is 10.7. The van der Waals surface area contributed by atoms with Gasteiger partial charge in [-0.25, -0.2) is 0 Å². The largest absolute Gasteiger partial charge is 0.393 e. The summed E-state index contributed by atoms with van der Waals surface area (Å²) in [5.41, 5.74) is 1.56. The highest BCUT2D eigenvalue weighted by molar-refractivity contribution is 6.30. The number of halogens is 2. The molecule has 1 N–H and O–H groups in total. The molecule has 3 unspecified atom stereocenters. The number of hydrogen-bond acceptors (Lipinski definition) is 5. The first kappa shape index (κ1) is 30.8. The smallest absolute Gasteiger partial charge is 0.257 e. The first-order valence-electron chi connectivity index (χ1n) is 13.5. The van der Waals surface area contributed by atoms with Crippen molar-refractivity contribution in [3.63, 3.8) is 0 Å². The van der Waals surface area contributed by atoms with Gasteiger partial charge in [-0.15, -0.1) is 0 Å². The van der Waals surface area contributed by atoms with Crippen molar-refractivity contribution < 1.29 is 19.4 Å². The van der Waals surface area contributed by atoms with Crippen LogP contribution in [-0.2, 0) is 17.0 Å². The van der Waals surface area contributed by atoms with E-state index >= 15 is 0 Å². The van der Waals surface area contributed by atoms with Crippen molar-refractivity contribution in [2.45, 2.75) is 78.4 Å². The number of aliphatic hydroxyl groups excluding tert-OH is 1. The number of rotatable bonds is 6. The molecular formula is C31H36Cl2N2O4. The molecule has 3 atom stereocenters. The maximum Gasteiger partial charge on any atom is 0.257 e. The van der Waals surface area contributed by atoms with Crippen LogP contribution in [0.5, 0.6) is 0 Å². The zero-order valence-corrected chi connectivity index (χ0v) is 24.6. The summed E-state index contributed by atoms with van der Waals surface area (Å²) in [6.07, 6.45) is 2.58. The van der Waals surface area contributed by atoms with Crippen LogP contribution in [0.2, 0.25) is 10.0 Å². The van der Waals surface area contributed by atoms with Crippen molar-refractivity contribution in [3.8, 4) is 0 Å². The molecule has 1 amide bonds. The fourth-order valence-electron chi connectivity index (χ4n) is 4.96. The summed E-state index contributed by atoms with van der Waals surface area (Å²) in [5.74, 6) is -0.399. The highest BCUT2D eigenvalue weighted by Crippen LogP contribution is 2.48. The summed E-state index contributed by atoms with van der Waals surface area (Å²) < 4.78 is 6.83. The molecule has 6 nitrogen and oxygen atoms in total. The van der Waals surface area contributed by atoms with E-state index in [1.54, 1.807) is 47.4 Å². The van der Waals surface area contributed by atoms with Gasteiger partial charge in [-0.3, -0.25) is 19.5 Å². The van der Waals surface area contributed by atoms with Crippen molar-refractivity contribution in [2.75, 3.05) is 0 Å². The van der Waals surface area contributed by atoms with Crippen molar-refractivity contribution in [3.05, 3.63) is 98.8 Å². The lowest BCUT2D eigenvalue weighted by atomic mass is 9.91. The van der Waals surface area contributed by atoms with Crippen LogP contribution < -0.4 is 0 Å². The number of amides is 1. The fourth-order valence-corrected chi connectivity index (χ4v) is 5.20. The van der Waals surface area contributed by atoms with Crippen LogP contribution in [0.25, 0.3) is 0 Å². The predicted octanol–water partition coefficient (Wildman–Crippen LogP) is 7.43. The third-order valence-electron chi connectivity index (χ3n) is 6.69. The van der Waals surface area contributed by atoms with E-state index in [-0.39, 0.29) is 24.3 Å². The zero-order valence-electron chi connectivity index (χ0n) is 23.1. The quantitative estimate of drug-likeness (QED) is 0.311. The monoisotopic (exact) mass is 570 g/mol. The maximum atomic E-state index is 13.9. The number of benzene rings is 2. The topological polar surface area (TPSA) is 79.7 Å². The second kappa shape index (κ2) is 13.5. The molecule has 8 heteroatoms. The summed E-state index contributed by atoms with van der Waals surface area (Å²) in [7, 11) is 0. The molecule has 0 spiro atoms. The lowest BCUT2D eigenvalue weighted by Gasteiger charge is -2.41. The third-order valence-corrected chi connectivity index (χ3v) is 7.16. The van der Waals surface area contributed by atoms with Gasteiger partial charge in [0, 0.05) is 33.5 Å². The summed E-state index contributed by atoms with van der Waals surface area (Å²) in [6, 6.07) is 15.8. The number of ether oxygens (including phenoxy) is 1. The van der Waals surface area contributed by atoms with Crippen LogP contribution >= 0.6 is 23.2 Å². The van der Waals surface area contributed by atoms with Gasteiger partial charge in [0.25, 0.3) is 5.91 Å². The summed E-state index contributed by atoms with van der Waals surface area (Å²) in [4.78, 5) is 32.1. The Morgan fingerprint density at radius 1 is 1.03 bits per heavy atom. The van der Waals surface area contributed by atoms with Gasteiger partial charge in [-0.1, -0.05) is 75.2 Å². The lowest BCUT2D eigenvalue weighted by Crippen LogP contribution is -2.48. The number of ketones is 1. The van der Waals surface area contributed by atoms with Gasteiger partial charge in [0.2, 0.25) is 0 Å². The van der Waals surface area contributed by atoms with E-state index in [0.717, 1.165) is 5.56 Å². The van der Waals surface area contributed by atoms with E-state index < -0.39 is 11.8 Å². The van der Waals surface area contributed by atoms with Gasteiger partial charge in [0.1, 0.15) is 0 Å². The molecule has 39 heavy (non-hydrogen) atoms. The van der Waals surface area contributed by atoms with Gasteiger partial charge in [0.05, 0.1) is 29.5 Å². The van der Waals surface area contributed by atoms with Crippen molar-refractivity contribution in [1.82, 2.24) is 9.88 Å². The van der Waals surface area contributed by atoms with Crippen LogP contribution in [0.3, 0.4) is 0 Å². The van der Waals surface area contributed by atoms with Crippen LogP contribution in [0.15, 0.2) is 60.8 Å². The van der Waals surface area contributed by atoms with E-state index in [1.165, 1.54) is 13.1 Å². The first-order chi connectivity index (χ1) is 18.8. The van der Waals surface area contributed by atoms with Gasteiger partial charge >= 0.3 is 0 Å². The minimum atomic E-state index is -1.29. The molecule has 1 aromatic heterocycles. The minimum absolute atomic E-state index is 0.129. The molecule has 1 aliphatic heterocycles. The molecule has 2 aromatic carbocycles. The Morgan fingerprint density at radius 3 is 2.26 bits per heavy atom. The second-order valence-corrected chi connectivity index (χ2v) is 9.91. The van der Waals surface area contributed by atoms with E-state index in [9.17, 15) is 14.7 Å². The zero-order chi connectivity index (χ0) is 28.7. The Hall–Kier alpha value is -2.77. The first-order valence-corrected chi connectivity index (χ1v) is 14.2. The van der Waals surface area contributed by atoms with Crippen molar-refractivity contribution in [1.29, 1.82) is 0 Å². The predicted molar refractivity (Wildman–Crippen MR) is 155 cm³/mol. The molecule has 1 aliphatic carbocycles. The van der Waals surface area contributed by atoms with Gasteiger partial charge < -0.3 is 9.84 Å². The van der Waals surface area contributed by atoms with Crippen LogP contribution in [-0.4, -0.2) is 38.9 Å². The van der Waals surface area contributed by atoms with E-state index in [2.05, 4.69) is 4.98 Å². The van der Waals surface area contributed by atoms with Gasteiger partial charge in [0.15, 0.2) is 11.5 Å². The number of nitrogens with zero attached hydrogens (tertiary/aromatic N) is 2. The molecular weight excluding hydrogens is 535 g/mol. The number of pyridine rings is 1. The summed E-state index contributed by atoms with van der Waals surface area (Å²) in [6.45, 7) is 9.62. The average Bonchev–Trinajstić information content (AvgIpc) is 3.46. The number of aromatic nitrogens is 1. The highest BCUT2D eigenvalue weighted by Gasteiger charge is 2.54. The Labute approximate surface area is 240 Å². The van der Waals surface area contributed by atoms with Crippen LogP contribution in [0.4, 0.5) is 0 Å². The number of aliphatic hydroxyl groups is 1. The Morgan fingerprint density at radius 2 is 1.69 bits per heavy atom. The van der Waals surface area contributed by atoms with Crippen LogP contribution in [0.1, 0.15) is 91.4 Å². The highest BCUT2D eigenvalue weighted by atomic mass is 35.5. The second-order valence-electron chi connectivity index (χ2n) is 9.03. The molecule has 0 radical (unpaired) electrons. The minimum Gasteiger partial charge on any atom is -0.393 e. The van der Waals surface area contributed by atoms with Crippen LogP contribution in [0, 0.1) is 0 Å². The van der Waals surface area contributed by atoms with Gasteiger partial charge in [-0.2, -0.15) is 0 Å². The number of carbonyl (C=O) groups excluding carboxylic acids is 2. The fraction of sp³-hybridized carbons (Fsp3) is 0.387. The lowest BCUT2D eigenvalue weighted by molar-refractivity contribution is -0.147. The Bertz CT molecular complexity index is 1280. The maximum absolute atomic E-state index is 13.9. The molecule has 1 saturated carbocycles. The van der Waals surface area contributed by atoms with Gasteiger partial charge in [-0.05, 0) is 56.5 Å². The van der Waals surface area contributed by atoms with E-state index in [1.807, 2.05) is 39.8 Å². The normalized spacial score (nSPS) is 21.4. The molecule has 0 bridgehead atoms. The van der Waals surface area contributed by atoms with E-state index in [0.29, 0.717) is 51.7 Å². The molecule has 5 rings (SSSR count). The van der Waals surface area contributed by atoms with Crippen molar-refractivity contribution in [2.24, 2.45) is 0 Å². The standard InChI is InChI=1S/C27H24Cl2N2O4.2C2H6/c1-16(32)17-2-11-25-24(12-17)26(34)31(15-21-8-7-20(29)14-30-21)27(25,18-3-5-19(28)6-4-18)35-23-10-9-22(33)13-23;2*1-2/h2-8,11-12,14,22-23,33H,9-10,13,15H2,1H3;2*1-2H3. The molecule has 2 aliphatic rings. The third kappa shape index (κ3) is 6.36. The summed E-state index contributed by atoms with van der Waals surface area (Å²) in [5, 5.41) is 11.3. The average molecular weight is 572 g/mol. The number of Topliss-reactive ketones (excluding diaryl/α,β-unsaturated/α-hetero) is 1. The molecule has 1 fully saturated rings. The van der Waals surface area contributed by atoms with Crippen molar-refractivity contribution >= 4 is 34.9 Å². The number of carbonyl (C=O) groups is 2. The number of fused-ring (bicyclic) bond motifs is 1. The molecule has 0 saturated heterocycles. The SMILES string of the molecule is CC.CC.CC(=O)c1ccc2c(c1)C(=O)N(Cc1ccc(Cl)cn1)C2(OC1CCC(O)C1)c1ccc(Cl)cc1. The van der Waals surface area contributed by atoms with E-state index in [4.69, 9.17) is 27.9 Å². The number of hydrogen-bond donors (Lipinski definition) is 1. The molecule has 208 valence electrons. The Balaban J connectivity index is 0.00000100. The molecule has 3 aromatic rings. The molecule has 2 heterocycles. The summed E-state index contributed by atoms with van der Waals surface area (Å²) >= 11 is 12.2.